The second-order valence-electron chi connectivity index (χ2n) is 4.60. The number of amides is 2. The fourth-order valence-corrected chi connectivity index (χ4v) is 3.13. The van der Waals surface area contributed by atoms with Gasteiger partial charge in [-0.2, -0.15) is 13.2 Å². The third-order valence-corrected chi connectivity index (χ3v) is 4.18. The van der Waals surface area contributed by atoms with E-state index < -0.39 is 23.7 Å². The van der Waals surface area contributed by atoms with E-state index in [1.807, 2.05) is 0 Å². The smallest absolute Gasteiger partial charge is 0.312 e. The number of halogens is 3. The third-order valence-electron chi connectivity index (χ3n) is 3.22. The first-order valence-electron chi connectivity index (χ1n) is 6.19. The lowest BCUT2D eigenvalue weighted by atomic mass is 10.1. The number of nitrogens with one attached hydrogen (secondary N) is 1. The minimum atomic E-state index is -5.04. The molecule has 22 heavy (non-hydrogen) atoms. The number of amidine groups is 1. The van der Waals surface area contributed by atoms with Gasteiger partial charge >= 0.3 is 11.8 Å². The third kappa shape index (κ3) is 2.14. The number of pyridine rings is 1. The summed E-state index contributed by atoms with van der Waals surface area (Å²) in [5.41, 5.74) is -3.35. The van der Waals surface area contributed by atoms with E-state index >= 15 is 0 Å². The zero-order valence-electron chi connectivity index (χ0n) is 10.9. The van der Waals surface area contributed by atoms with Gasteiger partial charge < -0.3 is 5.32 Å². The van der Waals surface area contributed by atoms with Crippen LogP contribution in [-0.4, -0.2) is 51.0 Å². The summed E-state index contributed by atoms with van der Waals surface area (Å²) in [5, 5.41) is 1.71. The molecule has 0 aliphatic carbocycles. The molecule has 1 aromatic heterocycles. The lowest BCUT2D eigenvalue weighted by Gasteiger charge is -2.28. The fraction of sp³-hybridized carbons (Fsp3) is 0.333. The molecular formula is C12H9F3N4O2S. The van der Waals surface area contributed by atoms with Crippen molar-refractivity contribution in [2.24, 2.45) is 4.99 Å². The first-order valence-corrected chi connectivity index (χ1v) is 7.17. The number of aliphatic imine (C=N–C) groups is 1. The van der Waals surface area contributed by atoms with E-state index in [4.69, 9.17) is 0 Å². The van der Waals surface area contributed by atoms with Crippen molar-refractivity contribution in [3.8, 4) is 0 Å². The van der Waals surface area contributed by atoms with E-state index in [9.17, 15) is 22.8 Å². The maximum absolute atomic E-state index is 13.5. The summed E-state index contributed by atoms with van der Waals surface area (Å²) >= 11 is 1.05. The maximum atomic E-state index is 13.5. The zero-order chi connectivity index (χ0) is 16.0. The van der Waals surface area contributed by atoms with E-state index in [1.54, 1.807) is 5.32 Å². The predicted octanol–water partition coefficient (Wildman–Crippen LogP) is 1.01. The second kappa shape index (κ2) is 4.97. The number of aromatic nitrogens is 1. The second-order valence-corrected chi connectivity index (χ2v) is 5.67. The monoisotopic (exact) mass is 330 g/mol. The number of thioether (sulfide) groups is 1. The van der Waals surface area contributed by atoms with Crippen LogP contribution in [0.1, 0.15) is 10.4 Å². The van der Waals surface area contributed by atoms with Crippen LogP contribution in [0, 0.1) is 0 Å². The number of carbonyl (C=O) groups excluding carboxylic acids is 2. The van der Waals surface area contributed by atoms with Crippen molar-refractivity contribution < 1.29 is 22.8 Å². The average molecular weight is 330 g/mol. The van der Waals surface area contributed by atoms with Crippen LogP contribution in [0.2, 0.25) is 0 Å². The topological polar surface area (TPSA) is 74.7 Å². The van der Waals surface area contributed by atoms with Gasteiger partial charge in [0.2, 0.25) is 0 Å². The van der Waals surface area contributed by atoms with Gasteiger partial charge in [0.05, 0.1) is 5.56 Å². The van der Waals surface area contributed by atoms with Gasteiger partial charge in [0, 0.05) is 24.7 Å². The minimum Gasteiger partial charge on any atom is -0.312 e. The average Bonchev–Trinajstić information content (AvgIpc) is 3.02. The quantitative estimate of drug-likeness (QED) is 0.878. The molecule has 3 heterocycles. The highest BCUT2D eigenvalue weighted by atomic mass is 32.2. The van der Waals surface area contributed by atoms with Crippen molar-refractivity contribution in [1.82, 2.24) is 15.2 Å². The van der Waals surface area contributed by atoms with Crippen LogP contribution in [0.3, 0.4) is 0 Å². The molecule has 1 aromatic rings. The molecule has 0 saturated carbocycles. The number of fused-ring (bicyclic) bond motifs is 1. The summed E-state index contributed by atoms with van der Waals surface area (Å²) in [5.74, 6) is -1.86. The normalized spacial score (nSPS) is 24.2. The first-order chi connectivity index (χ1) is 10.3. The molecule has 0 aromatic carbocycles. The van der Waals surface area contributed by atoms with Crippen LogP contribution in [0.4, 0.5) is 13.2 Å². The van der Waals surface area contributed by atoms with Crippen molar-refractivity contribution in [2.75, 3.05) is 12.3 Å². The Kier molecular flexibility index (Phi) is 3.35. The number of hydrogen-bond donors (Lipinski definition) is 1. The van der Waals surface area contributed by atoms with Gasteiger partial charge in [-0.3, -0.25) is 19.5 Å². The summed E-state index contributed by atoms with van der Waals surface area (Å²) in [4.78, 5) is 32.3. The van der Waals surface area contributed by atoms with Crippen LogP contribution in [0.5, 0.6) is 0 Å². The molecule has 1 fully saturated rings. The summed E-state index contributed by atoms with van der Waals surface area (Å²) in [6, 6.07) is 2.71. The van der Waals surface area contributed by atoms with E-state index in [0.29, 0.717) is 5.75 Å². The van der Waals surface area contributed by atoms with Crippen LogP contribution >= 0.6 is 11.8 Å². The van der Waals surface area contributed by atoms with Gasteiger partial charge in [0.15, 0.2) is 5.17 Å². The maximum Gasteiger partial charge on any atom is 0.442 e. The molecule has 2 amide bonds. The molecule has 1 N–H and O–H groups in total. The van der Waals surface area contributed by atoms with E-state index in [2.05, 4.69) is 9.98 Å². The molecule has 1 saturated heterocycles. The predicted molar refractivity (Wildman–Crippen MR) is 72.1 cm³/mol. The Morgan fingerprint density at radius 1 is 1.45 bits per heavy atom. The Bertz CT molecular complexity index is 664. The van der Waals surface area contributed by atoms with Crippen molar-refractivity contribution in [1.29, 1.82) is 0 Å². The van der Waals surface area contributed by atoms with Crippen molar-refractivity contribution in [2.45, 2.75) is 11.8 Å². The van der Waals surface area contributed by atoms with Crippen molar-refractivity contribution in [3.63, 3.8) is 0 Å². The molecule has 0 bridgehead atoms. The van der Waals surface area contributed by atoms with Crippen LogP contribution in [0.15, 0.2) is 29.5 Å². The molecule has 0 radical (unpaired) electrons. The molecule has 0 spiro atoms. The molecule has 0 unspecified atom stereocenters. The highest BCUT2D eigenvalue weighted by molar-refractivity contribution is 8.14. The van der Waals surface area contributed by atoms with Crippen LogP contribution in [0.25, 0.3) is 0 Å². The van der Waals surface area contributed by atoms with E-state index in [1.165, 1.54) is 18.3 Å². The number of carbonyl (C=O) groups is 2. The summed E-state index contributed by atoms with van der Waals surface area (Å²) in [6.45, 7) is 0.142. The molecular weight excluding hydrogens is 321 g/mol. The Morgan fingerprint density at radius 3 is 2.82 bits per heavy atom. The molecule has 2 aliphatic heterocycles. The van der Waals surface area contributed by atoms with Crippen LogP contribution < -0.4 is 5.32 Å². The molecule has 2 aliphatic rings. The number of nitrogens with zero attached hydrogens (tertiary/aromatic N) is 3. The van der Waals surface area contributed by atoms with Gasteiger partial charge in [0.25, 0.3) is 11.8 Å². The minimum absolute atomic E-state index is 0.0196. The Hall–Kier alpha value is -2.10. The van der Waals surface area contributed by atoms with E-state index in [0.717, 1.165) is 22.9 Å². The van der Waals surface area contributed by atoms with Crippen molar-refractivity contribution in [3.05, 3.63) is 30.1 Å². The highest BCUT2D eigenvalue weighted by Crippen LogP contribution is 2.40. The SMILES string of the molecule is O=C(N[C@]1(C(F)(F)F)N=C2SCCN2C1=O)c1cccnc1. The fourth-order valence-electron chi connectivity index (χ4n) is 2.14. The molecule has 6 nitrogen and oxygen atoms in total. The van der Waals surface area contributed by atoms with E-state index in [-0.39, 0.29) is 17.3 Å². The largest absolute Gasteiger partial charge is 0.442 e. The molecule has 116 valence electrons. The van der Waals surface area contributed by atoms with Gasteiger partial charge in [-0.15, -0.1) is 0 Å². The molecule has 3 rings (SSSR count). The highest BCUT2D eigenvalue weighted by Gasteiger charge is 2.67. The van der Waals surface area contributed by atoms with Gasteiger partial charge in [-0.05, 0) is 12.1 Å². The number of rotatable bonds is 2. The molecule has 1 atom stereocenters. The lowest BCUT2D eigenvalue weighted by molar-refractivity contribution is -0.196. The van der Waals surface area contributed by atoms with Gasteiger partial charge in [-0.1, -0.05) is 11.8 Å². The Labute approximate surface area is 126 Å². The van der Waals surface area contributed by atoms with Gasteiger partial charge in [0.1, 0.15) is 0 Å². The number of hydrogen-bond acceptors (Lipinski definition) is 5. The summed E-state index contributed by atoms with van der Waals surface area (Å²) in [7, 11) is 0. The Morgan fingerprint density at radius 2 is 2.23 bits per heavy atom. The lowest BCUT2D eigenvalue weighted by Crippen LogP contribution is -2.63. The summed E-state index contributed by atoms with van der Waals surface area (Å²) in [6.07, 6.45) is -2.55. The van der Waals surface area contributed by atoms with Gasteiger partial charge in [-0.25, -0.2) is 4.99 Å². The standard InChI is InChI=1S/C12H9F3N4O2S/c13-12(14,15)11(9(21)19-4-5-22-10(19)18-11)17-8(20)7-2-1-3-16-6-7/h1-3,6H,4-5H2,(H,17,20)/t11-/m0/s1. The number of alkyl halides is 3. The Balaban J connectivity index is 1.97. The van der Waals surface area contributed by atoms with Crippen molar-refractivity contribution >= 4 is 28.7 Å². The molecule has 10 heteroatoms. The first kappa shape index (κ1) is 14.8. The zero-order valence-corrected chi connectivity index (χ0v) is 11.7. The van der Waals surface area contributed by atoms with Crippen LogP contribution in [-0.2, 0) is 4.79 Å². The summed E-state index contributed by atoms with van der Waals surface area (Å²) < 4.78 is 40.4.